The minimum absolute atomic E-state index is 0.0242. The van der Waals surface area contributed by atoms with Gasteiger partial charge in [-0.15, -0.1) is 0 Å². The summed E-state index contributed by atoms with van der Waals surface area (Å²) >= 11 is 5.42. The Hall–Kier alpha value is -0.560. The third-order valence-electron chi connectivity index (χ3n) is 4.06. The molecule has 2 aliphatic rings. The minimum Gasteiger partial charge on any atom is -0.370 e. The van der Waals surface area contributed by atoms with Gasteiger partial charge in [0.25, 0.3) is 0 Å². The number of benzene rings is 1. The van der Waals surface area contributed by atoms with Crippen LogP contribution in [-0.4, -0.2) is 54.6 Å². The van der Waals surface area contributed by atoms with Crippen LogP contribution in [0.2, 0.25) is 0 Å². The second-order valence-corrected chi connectivity index (χ2v) is 7.75. The summed E-state index contributed by atoms with van der Waals surface area (Å²) in [6.07, 6.45) is 0.571. The van der Waals surface area contributed by atoms with Crippen LogP contribution in [-0.2, 0) is 9.53 Å². The van der Waals surface area contributed by atoms with Crippen LogP contribution in [0.15, 0.2) is 28.7 Å². The number of halogens is 1. The molecular formula is C16H21BrN2O2S. The first-order valence-electron chi connectivity index (χ1n) is 7.68. The Bertz CT molecular complexity index is 523. The average Bonchev–Trinajstić information content (AvgIpc) is 2.56. The van der Waals surface area contributed by atoms with E-state index in [0.29, 0.717) is 32.2 Å². The monoisotopic (exact) mass is 384 g/mol. The van der Waals surface area contributed by atoms with E-state index in [9.17, 15) is 4.79 Å². The molecule has 4 nitrogen and oxygen atoms in total. The van der Waals surface area contributed by atoms with Gasteiger partial charge in [0, 0.05) is 41.5 Å². The van der Waals surface area contributed by atoms with E-state index in [1.54, 1.807) is 0 Å². The van der Waals surface area contributed by atoms with Crippen molar-refractivity contribution in [3.63, 3.8) is 0 Å². The molecule has 120 valence electrons. The van der Waals surface area contributed by atoms with E-state index < -0.39 is 0 Å². The summed E-state index contributed by atoms with van der Waals surface area (Å²) in [4.78, 5) is 14.5. The molecule has 1 aromatic rings. The second kappa shape index (κ2) is 7.81. The van der Waals surface area contributed by atoms with Crippen molar-refractivity contribution in [2.75, 3.05) is 37.7 Å². The number of hydrogen-bond donors (Lipinski definition) is 1. The number of nitrogens with zero attached hydrogens (tertiary/aromatic N) is 1. The van der Waals surface area contributed by atoms with Gasteiger partial charge in [0.1, 0.15) is 6.10 Å². The lowest BCUT2D eigenvalue weighted by Gasteiger charge is -2.34. The molecule has 3 rings (SSSR count). The quantitative estimate of drug-likeness (QED) is 0.868. The van der Waals surface area contributed by atoms with Crippen LogP contribution in [0.25, 0.3) is 0 Å². The standard InChI is InChI=1S/C16H21BrN2O2S/c17-13-3-1-2-12(8-13)15-10-19(5-6-21-15)16(20)9-14-11-22-7-4-18-14/h1-3,8,14-15,18H,4-7,9-11H2. The molecule has 0 saturated carbocycles. The van der Waals surface area contributed by atoms with Gasteiger partial charge >= 0.3 is 0 Å². The van der Waals surface area contributed by atoms with Crippen LogP contribution in [0.4, 0.5) is 0 Å². The van der Waals surface area contributed by atoms with Gasteiger partial charge in [0.15, 0.2) is 0 Å². The zero-order chi connectivity index (χ0) is 15.4. The first-order valence-corrected chi connectivity index (χ1v) is 9.63. The highest BCUT2D eigenvalue weighted by Gasteiger charge is 2.27. The van der Waals surface area contributed by atoms with Gasteiger partial charge in [-0.2, -0.15) is 11.8 Å². The number of rotatable bonds is 3. The van der Waals surface area contributed by atoms with Gasteiger partial charge < -0.3 is 15.0 Å². The van der Waals surface area contributed by atoms with Gasteiger partial charge in [-0.05, 0) is 17.7 Å². The van der Waals surface area contributed by atoms with E-state index in [-0.39, 0.29) is 12.0 Å². The third kappa shape index (κ3) is 4.25. The Balaban J connectivity index is 1.58. The van der Waals surface area contributed by atoms with Crippen molar-refractivity contribution in [1.29, 1.82) is 0 Å². The Labute approximate surface area is 144 Å². The third-order valence-corrected chi connectivity index (χ3v) is 5.68. The Morgan fingerprint density at radius 2 is 2.41 bits per heavy atom. The molecule has 0 spiro atoms. The summed E-state index contributed by atoms with van der Waals surface area (Å²) in [5.74, 6) is 2.42. The number of nitrogens with one attached hydrogen (secondary N) is 1. The molecule has 0 aromatic heterocycles. The Morgan fingerprint density at radius 3 is 3.18 bits per heavy atom. The zero-order valence-corrected chi connectivity index (χ0v) is 14.9. The molecule has 22 heavy (non-hydrogen) atoms. The number of ether oxygens (including phenoxy) is 1. The molecule has 1 amide bonds. The largest absolute Gasteiger partial charge is 0.370 e. The summed E-state index contributed by atoms with van der Waals surface area (Å²) in [6, 6.07) is 8.45. The summed E-state index contributed by atoms with van der Waals surface area (Å²) in [7, 11) is 0. The van der Waals surface area contributed by atoms with E-state index >= 15 is 0 Å². The van der Waals surface area contributed by atoms with Crippen molar-refractivity contribution < 1.29 is 9.53 Å². The minimum atomic E-state index is -0.0242. The molecule has 0 aliphatic carbocycles. The molecule has 2 unspecified atom stereocenters. The molecular weight excluding hydrogens is 364 g/mol. The van der Waals surface area contributed by atoms with Gasteiger partial charge in [-0.1, -0.05) is 28.1 Å². The molecule has 1 aromatic carbocycles. The van der Waals surface area contributed by atoms with Crippen LogP contribution in [0.1, 0.15) is 18.1 Å². The van der Waals surface area contributed by atoms with Crippen LogP contribution in [0.3, 0.4) is 0 Å². The lowest BCUT2D eigenvalue weighted by molar-refractivity contribution is -0.139. The van der Waals surface area contributed by atoms with Crippen LogP contribution < -0.4 is 5.32 Å². The first kappa shape index (κ1) is 16.3. The molecule has 1 N–H and O–H groups in total. The van der Waals surface area contributed by atoms with Crippen LogP contribution in [0.5, 0.6) is 0 Å². The number of thioether (sulfide) groups is 1. The van der Waals surface area contributed by atoms with Crippen molar-refractivity contribution in [1.82, 2.24) is 10.2 Å². The molecule has 0 radical (unpaired) electrons. The number of hydrogen-bond acceptors (Lipinski definition) is 4. The summed E-state index contributed by atoms with van der Waals surface area (Å²) in [5, 5.41) is 3.43. The average molecular weight is 385 g/mol. The molecule has 6 heteroatoms. The first-order chi connectivity index (χ1) is 10.7. The molecule has 2 fully saturated rings. The number of carbonyl (C=O) groups is 1. The Kier molecular flexibility index (Phi) is 5.79. The topological polar surface area (TPSA) is 41.6 Å². The molecule has 0 bridgehead atoms. The lowest BCUT2D eigenvalue weighted by Crippen LogP contribution is -2.46. The van der Waals surface area contributed by atoms with Crippen LogP contribution in [0, 0.1) is 0 Å². The fourth-order valence-corrected chi connectivity index (χ4v) is 4.24. The molecule has 2 atom stereocenters. The predicted molar refractivity (Wildman–Crippen MR) is 93.1 cm³/mol. The summed E-state index contributed by atoms with van der Waals surface area (Å²) in [6.45, 7) is 2.96. The van der Waals surface area contributed by atoms with Crippen molar-refractivity contribution >= 4 is 33.6 Å². The second-order valence-electron chi connectivity index (χ2n) is 5.68. The van der Waals surface area contributed by atoms with Crippen molar-refractivity contribution in [3.8, 4) is 0 Å². The van der Waals surface area contributed by atoms with Crippen LogP contribution >= 0.6 is 27.7 Å². The van der Waals surface area contributed by atoms with Gasteiger partial charge in [0.05, 0.1) is 13.2 Å². The van der Waals surface area contributed by atoms with E-state index in [1.807, 2.05) is 28.8 Å². The van der Waals surface area contributed by atoms with E-state index in [1.165, 1.54) is 0 Å². The summed E-state index contributed by atoms with van der Waals surface area (Å²) < 4.78 is 6.90. The van der Waals surface area contributed by atoms with Crippen molar-refractivity contribution in [2.45, 2.75) is 18.6 Å². The smallest absolute Gasteiger partial charge is 0.224 e. The summed E-state index contributed by atoms with van der Waals surface area (Å²) in [5.41, 5.74) is 1.12. The van der Waals surface area contributed by atoms with Gasteiger partial charge in [-0.3, -0.25) is 4.79 Å². The van der Waals surface area contributed by atoms with Crippen molar-refractivity contribution in [2.24, 2.45) is 0 Å². The maximum Gasteiger partial charge on any atom is 0.224 e. The lowest BCUT2D eigenvalue weighted by atomic mass is 10.1. The fraction of sp³-hybridized carbons (Fsp3) is 0.562. The predicted octanol–water partition coefficient (Wildman–Crippen LogP) is 2.44. The molecule has 2 saturated heterocycles. The zero-order valence-electron chi connectivity index (χ0n) is 12.5. The maximum atomic E-state index is 12.5. The number of amides is 1. The highest BCUT2D eigenvalue weighted by atomic mass is 79.9. The Morgan fingerprint density at radius 1 is 1.50 bits per heavy atom. The SMILES string of the molecule is O=C(CC1CSCCN1)N1CCOC(c2cccc(Br)c2)C1. The van der Waals surface area contributed by atoms with Crippen molar-refractivity contribution in [3.05, 3.63) is 34.3 Å². The molecule has 2 aliphatic heterocycles. The maximum absolute atomic E-state index is 12.5. The number of carbonyl (C=O) groups excluding carboxylic acids is 1. The normalized spacial score (nSPS) is 26.0. The van der Waals surface area contributed by atoms with Gasteiger partial charge in [0.2, 0.25) is 5.91 Å². The fourth-order valence-electron chi connectivity index (χ4n) is 2.88. The highest BCUT2D eigenvalue weighted by molar-refractivity contribution is 9.10. The van der Waals surface area contributed by atoms with E-state index in [0.717, 1.165) is 28.1 Å². The van der Waals surface area contributed by atoms with E-state index in [4.69, 9.17) is 4.74 Å². The van der Waals surface area contributed by atoms with Gasteiger partial charge in [-0.25, -0.2) is 0 Å². The molecule has 2 heterocycles. The number of morpholine rings is 1. The van der Waals surface area contributed by atoms with E-state index in [2.05, 4.69) is 33.4 Å². The highest BCUT2D eigenvalue weighted by Crippen LogP contribution is 2.25.